The summed E-state index contributed by atoms with van der Waals surface area (Å²) >= 11 is 0. The fourth-order valence-corrected chi connectivity index (χ4v) is 3.79. The van der Waals surface area contributed by atoms with Gasteiger partial charge in [-0.1, -0.05) is 12.1 Å². The van der Waals surface area contributed by atoms with Gasteiger partial charge in [0.05, 0.1) is 19.3 Å². The van der Waals surface area contributed by atoms with Crippen molar-refractivity contribution in [2.75, 3.05) is 7.11 Å². The van der Waals surface area contributed by atoms with E-state index in [0.717, 1.165) is 22.6 Å². The van der Waals surface area contributed by atoms with Gasteiger partial charge in [-0.3, -0.25) is 4.79 Å². The van der Waals surface area contributed by atoms with E-state index in [2.05, 4.69) is 36.1 Å². The topological polar surface area (TPSA) is 74.6 Å². The van der Waals surface area contributed by atoms with Crippen LogP contribution in [0.4, 0.5) is 0 Å². The van der Waals surface area contributed by atoms with E-state index in [1.165, 1.54) is 11.1 Å². The molecule has 3 aromatic heterocycles. The van der Waals surface area contributed by atoms with Gasteiger partial charge >= 0.3 is 0 Å². The molecule has 3 heterocycles. The molecule has 166 valence electrons. The smallest absolute Gasteiger partial charge is 0.276 e. The lowest BCUT2D eigenvalue weighted by Gasteiger charge is -2.04. The Labute approximate surface area is 190 Å². The number of oxazole rings is 1. The molecule has 0 N–H and O–H groups in total. The molecule has 0 radical (unpaired) electrons. The molecule has 0 spiro atoms. The highest BCUT2D eigenvalue weighted by Crippen LogP contribution is 2.25. The van der Waals surface area contributed by atoms with Gasteiger partial charge in [-0.15, -0.1) is 0 Å². The third-order valence-corrected chi connectivity index (χ3v) is 5.96. The summed E-state index contributed by atoms with van der Waals surface area (Å²) < 4.78 is 14.3. The molecule has 0 fully saturated rings. The first-order chi connectivity index (χ1) is 15.9. The van der Waals surface area contributed by atoms with Crippen LogP contribution in [0.3, 0.4) is 0 Å². The lowest BCUT2D eigenvalue weighted by molar-refractivity contribution is 0.415. The molecule has 7 heteroatoms. The first-order valence-electron chi connectivity index (χ1n) is 10.7. The molecule has 7 nitrogen and oxygen atoms in total. The minimum atomic E-state index is -0.131. The molecule has 0 atom stereocenters. The van der Waals surface area contributed by atoms with Crippen molar-refractivity contribution < 1.29 is 9.15 Å². The van der Waals surface area contributed by atoms with Crippen molar-refractivity contribution in [3.63, 3.8) is 0 Å². The van der Waals surface area contributed by atoms with E-state index in [0.29, 0.717) is 29.4 Å². The Hall–Kier alpha value is -4.13. The number of benzene rings is 2. The van der Waals surface area contributed by atoms with Crippen LogP contribution in [0.2, 0.25) is 0 Å². The van der Waals surface area contributed by atoms with Crippen molar-refractivity contribution in [3.8, 4) is 28.5 Å². The molecule has 0 bridgehead atoms. The van der Waals surface area contributed by atoms with Gasteiger partial charge in [0.25, 0.3) is 5.56 Å². The standard InChI is InChI=1S/C26H24N4O3/c1-16-5-6-20(13-17(16)2)22-14-24-26(31)29(11-12-30(24)28-22)15-23-18(3)33-25(27-23)19-7-9-21(32-4)10-8-19/h5-14H,15H2,1-4H3. The summed E-state index contributed by atoms with van der Waals surface area (Å²) in [7, 11) is 1.63. The fourth-order valence-electron chi connectivity index (χ4n) is 3.79. The zero-order valence-corrected chi connectivity index (χ0v) is 19.0. The quantitative estimate of drug-likeness (QED) is 0.392. The maximum Gasteiger partial charge on any atom is 0.276 e. The maximum absolute atomic E-state index is 13.2. The highest BCUT2D eigenvalue weighted by atomic mass is 16.5. The number of methoxy groups -OCH3 is 1. The van der Waals surface area contributed by atoms with Crippen LogP contribution in [0, 0.1) is 20.8 Å². The monoisotopic (exact) mass is 440 g/mol. The van der Waals surface area contributed by atoms with Crippen LogP contribution in [-0.2, 0) is 6.54 Å². The minimum absolute atomic E-state index is 0.131. The second-order valence-corrected chi connectivity index (χ2v) is 8.14. The van der Waals surface area contributed by atoms with Crippen molar-refractivity contribution in [3.05, 3.63) is 93.9 Å². The van der Waals surface area contributed by atoms with Crippen LogP contribution in [0.5, 0.6) is 5.75 Å². The lowest BCUT2D eigenvalue weighted by Crippen LogP contribution is -2.22. The molecule has 0 aliphatic carbocycles. The fraction of sp³-hybridized carbons (Fsp3) is 0.192. The van der Waals surface area contributed by atoms with E-state index in [4.69, 9.17) is 9.15 Å². The second kappa shape index (κ2) is 8.09. The first-order valence-corrected chi connectivity index (χ1v) is 10.7. The lowest BCUT2D eigenvalue weighted by atomic mass is 10.0. The number of hydrogen-bond donors (Lipinski definition) is 0. The van der Waals surface area contributed by atoms with Crippen LogP contribution in [0.15, 0.2) is 70.1 Å². The van der Waals surface area contributed by atoms with Crippen LogP contribution in [0.25, 0.3) is 28.2 Å². The predicted octanol–water partition coefficient (Wildman–Crippen LogP) is 4.80. The Morgan fingerprint density at radius 2 is 1.70 bits per heavy atom. The van der Waals surface area contributed by atoms with Gasteiger partial charge in [0, 0.05) is 23.5 Å². The van der Waals surface area contributed by atoms with Crippen LogP contribution in [-0.4, -0.2) is 26.3 Å². The normalized spacial score (nSPS) is 11.3. The van der Waals surface area contributed by atoms with Gasteiger partial charge in [0.2, 0.25) is 5.89 Å². The number of aryl methyl sites for hydroxylation is 3. The van der Waals surface area contributed by atoms with Crippen molar-refractivity contribution in [1.82, 2.24) is 19.2 Å². The van der Waals surface area contributed by atoms with Crippen molar-refractivity contribution in [1.29, 1.82) is 0 Å². The predicted molar refractivity (Wildman–Crippen MR) is 127 cm³/mol. The second-order valence-electron chi connectivity index (χ2n) is 8.14. The van der Waals surface area contributed by atoms with Crippen molar-refractivity contribution in [2.24, 2.45) is 0 Å². The Kier molecular flexibility index (Phi) is 5.09. The summed E-state index contributed by atoms with van der Waals surface area (Å²) in [6, 6.07) is 15.5. The molecule has 0 aliphatic rings. The van der Waals surface area contributed by atoms with E-state index in [-0.39, 0.29) is 5.56 Å². The summed E-state index contributed by atoms with van der Waals surface area (Å²) in [5.41, 5.74) is 6.12. The average Bonchev–Trinajstić information content (AvgIpc) is 3.42. The van der Waals surface area contributed by atoms with Crippen molar-refractivity contribution in [2.45, 2.75) is 27.3 Å². The van der Waals surface area contributed by atoms with E-state index >= 15 is 0 Å². The van der Waals surface area contributed by atoms with Gasteiger partial charge < -0.3 is 13.7 Å². The van der Waals surface area contributed by atoms with Gasteiger partial charge in [0.15, 0.2) is 0 Å². The zero-order chi connectivity index (χ0) is 23.1. The minimum Gasteiger partial charge on any atom is -0.497 e. The molecule has 0 aliphatic heterocycles. The highest BCUT2D eigenvalue weighted by molar-refractivity contribution is 5.66. The first kappa shape index (κ1) is 20.8. The highest BCUT2D eigenvalue weighted by Gasteiger charge is 2.15. The largest absolute Gasteiger partial charge is 0.497 e. The summed E-state index contributed by atoms with van der Waals surface area (Å²) in [5, 5.41) is 4.60. The third kappa shape index (κ3) is 3.82. The molecular weight excluding hydrogens is 416 g/mol. The maximum atomic E-state index is 13.2. The molecule has 0 saturated heterocycles. The van der Waals surface area contributed by atoms with E-state index < -0.39 is 0 Å². The van der Waals surface area contributed by atoms with Gasteiger partial charge in [-0.05, 0) is 68.3 Å². The number of ether oxygens (including phenoxy) is 1. The van der Waals surface area contributed by atoms with Crippen molar-refractivity contribution >= 4 is 5.52 Å². The van der Waals surface area contributed by atoms with Crippen LogP contribution < -0.4 is 10.3 Å². The van der Waals surface area contributed by atoms with Gasteiger partial charge in [-0.2, -0.15) is 5.10 Å². The van der Waals surface area contributed by atoms with E-state index in [9.17, 15) is 4.79 Å². The average molecular weight is 441 g/mol. The number of fused-ring (bicyclic) bond motifs is 1. The number of aromatic nitrogens is 4. The van der Waals surface area contributed by atoms with Gasteiger partial charge in [0.1, 0.15) is 22.7 Å². The summed E-state index contributed by atoms with van der Waals surface area (Å²) in [6.45, 7) is 6.32. The summed E-state index contributed by atoms with van der Waals surface area (Å²) in [5.74, 6) is 1.96. The van der Waals surface area contributed by atoms with E-state index in [1.807, 2.05) is 43.3 Å². The molecule has 0 amide bonds. The Bertz CT molecular complexity index is 1520. The number of nitrogens with zero attached hydrogens (tertiary/aromatic N) is 4. The van der Waals surface area contributed by atoms with E-state index in [1.54, 1.807) is 28.6 Å². The van der Waals surface area contributed by atoms with Crippen LogP contribution in [0.1, 0.15) is 22.6 Å². The number of hydrogen-bond acceptors (Lipinski definition) is 5. The zero-order valence-electron chi connectivity index (χ0n) is 19.0. The molecule has 0 unspecified atom stereocenters. The van der Waals surface area contributed by atoms with Crippen LogP contribution >= 0.6 is 0 Å². The number of rotatable bonds is 5. The molecule has 2 aromatic carbocycles. The Morgan fingerprint density at radius 1 is 0.939 bits per heavy atom. The Balaban J connectivity index is 1.47. The molecular formula is C26H24N4O3. The van der Waals surface area contributed by atoms with Gasteiger partial charge in [-0.25, -0.2) is 9.50 Å². The third-order valence-electron chi connectivity index (χ3n) is 5.96. The summed E-state index contributed by atoms with van der Waals surface area (Å²) in [4.78, 5) is 17.8. The molecule has 33 heavy (non-hydrogen) atoms. The Morgan fingerprint density at radius 3 is 2.42 bits per heavy atom. The molecule has 5 rings (SSSR count). The summed E-state index contributed by atoms with van der Waals surface area (Å²) in [6.07, 6.45) is 3.52. The molecule has 5 aromatic rings. The SMILES string of the molecule is COc1ccc(-c2nc(Cn3ccn4nc(-c5ccc(C)c(C)c5)cc4c3=O)c(C)o2)cc1. The molecule has 0 saturated carbocycles.